The lowest BCUT2D eigenvalue weighted by atomic mass is 9.79. The third-order valence-electron chi connectivity index (χ3n) is 5.82. The normalized spacial score (nSPS) is 25.4. The van der Waals surface area contributed by atoms with Gasteiger partial charge in [-0.25, -0.2) is 0 Å². The van der Waals surface area contributed by atoms with Gasteiger partial charge in [0.15, 0.2) is 0 Å². The molecule has 2 aliphatic heterocycles. The van der Waals surface area contributed by atoms with Gasteiger partial charge in [0.05, 0.1) is 11.5 Å². The molecule has 2 heterocycles. The number of primary amides is 1. The molecule has 1 saturated heterocycles. The van der Waals surface area contributed by atoms with Crippen LogP contribution >= 0.6 is 0 Å². The predicted molar refractivity (Wildman–Crippen MR) is 103 cm³/mol. The molecule has 3 amide bonds. The zero-order chi connectivity index (χ0) is 19.9. The van der Waals surface area contributed by atoms with Crippen molar-refractivity contribution >= 4 is 23.4 Å². The van der Waals surface area contributed by atoms with E-state index in [4.69, 9.17) is 5.73 Å². The summed E-state index contributed by atoms with van der Waals surface area (Å²) in [7, 11) is 3.47. The van der Waals surface area contributed by atoms with E-state index in [0.29, 0.717) is 12.3 Å². The molecule has 0 saturated carbocycles. The first-order valence-electron chi connectivity index (χ1n) is 9.37. The Balaban J connectivity index is 2.00. The first-order chi connectivity index (χ1) is 12.7. The average Bonchev–Trinajstić information content (AvgIpc) is 3.14. The van der Waals surface area contributed by atoms with Crippen LogP contribution < -0.4 is 16.0 Å². The molecular formula is C20H28N4O3. The highest BCUT2D eigenvalue weighted by Gasteiger charge is 2.59. The van der Waals surface area contributed by atoms with Gasteiger partial charge in [-0.1, -0.05) is 32.0 Å². The van der Waals surface area contributed by atoms with E-state index in [0.717, 1.165) is 11.3 Å². The number of para-hydroxylation sites is 1. The van der Waals surface area contributed by atoms with E-state index in [2.05, 4.69) is 5.32 Å². The van der Waals surface area contributed by atoms with Crippen LogP contribution in [0.15, 0.2) is 24.3 Å². The molecule has 1 aromatic rings. The topological polar surface area (TPSA) is 95.7 Å². The zero-order valence-electron chi connectivity index (χ0n) is 16.4. The molecule has 0 aliphatic carbocycles. The number of likely N-dealkylation sites (tertiary alicyclic amines) is 1. The van der Waals surface area contributed by atoms with E-state index in [-0.39, 0.29) is 24.8 Å². The van der Waals surface area contributed by atoms with Gasteiger partial charge in [-0.05, 0) is 37.4 Å². The van der Waals surface area contributed by atoms with E-state index < -0.39 is 23.4 Å². The van der Waals surface area contributed by atoms with Crippen molar-refractivity contribution in [3.8, 4) is 0 Å². The number of amides is 3. The van der Waals surface area contributed by atoms with Crippen LogP contribution in [0.4, 0.5) is 5.69 Å². The molecule has 2 aliphatic rings. The molecule has 3 atom stereocenters. The number of fused-ring (bicyclic) bond motifs is 2. The monoisotopic (exact) mass is 372 g/mol. The van der Waals surface area contributed by atoms with E-state index in [9.17, 15) is 14.4 Å². The lowest BCUT2D eigenvalue weighted by molar-refractivity contribution is -0.139. The number of likely N-dealkylation sites (N-methyl/N-ethyl adjacent to an activating group) is 2. The Morgan fingerprint density at radius 1 is 1.33 bits per heavy atom. The molecule has 0 bridgehead atoms. The Hall–Kier alpha value is -2.41. The van der Waals surface area contributed by atoms with Crippen molar-refractivity contribution in [2.45, 2.75) is 44.2 Å². The Bertz CT molecular complexity index is 778. The summed E-state index contributed by atoms with van der Waals surface area (Å²) in [5.41, 5.74) is 6.43. The minimum absolute atomic E-state index is 0.0879. The van der Waals surface area contributed by atoms with Gasteiger partial charge in [0, 0.05) is 19.3 Å². The second kappa shape index (κ2) is 6.96. The molecule has 1 unspecified atom stereocenters. The van der Waals surface area contributed by atoms with Crippen LogP contribution in [0.3, 0.4) is 0 Å². The van der Waals surface area contributed by atoms with Gasteiger partial charge in [0.1, 0.15) is 6.04 Å². The number of rotatable bonds is 5. The number of nitrogens with two attached hydrogens (primary N) is 1. The minimum Gasteiger partial charge on any atom is -0.368 e. The highest BCUT2D eigenvalue weighted by molar-refractivity contribution is 6.09. The second-order valence-corrected chi connectivity index (χ2v) is 8.02. The smallest absolute Gasteiger partial charge is 0.240 e. The molecule has 3 rings (SSSR count). The summed E-state index contributed by atoms with van der Waals surface area (Å²) < 4.78 is 0. The van der Waals surface area contributed by atoms with Gasteiger partial charge in [0.25, 0.3) is 0 Å². The van der Waals surface area contributed by atoms with Crippen molar-refractivity contribution in [2.75, 3.05) is 25.5 Å². The van der Waals surface area contributed by atoms with Crippen molar-refractivity contribution in [3.05, 3.63) is 29.8 Å². The molecule has 0 aromatic heterocycles. The van der Waals surface area contributed by atoms with Crippen LogP contribution in [-0.4, -0.2) is 55.3 Å². The van der Waals surface area contributed by atoms with E-state index >= 15 is 0 Å². The Morgan fingerprint density at radius 3 is 2.59 bits per heavy atom. The molecule has 3 N–H and O–H groups in total. The van der Waals surface area contributed by atoms with Gasteiger partial charge in [-0.2, -0.15) is 0 Å². The van der Waals surface area contributed by atoms with Gasteiger partial charge < -0.3 is 20.9 Å². The number of anilines is 1. The van der Waals surface area contributed by atoms with Gasteiger partial charge in [-0.3, -0.25) is 14.4 Å². The molecule has 1 spiro atoms. The fourth-order valence-corrected chi connectivity index (χ4v) is 4.47. The Kier molecular flexibility index (Phi) is 4.99. The molecule has 27 heavy (non-hydrogen) atoms. The molecule has 1 fully saturated rings. The molecule has 7 nitrogen and oxygen atoms in total. The highest BCUT2D eigenvalue weighted by atomic mass is 16.2. The van der Waals surface area contributed by atoms with Gasteiger partial charge in [-0.15, -0.1) is 0 Å². The summed E-state index contributed by atoms with van der Waals surface area (Å²) in [5.74, 6) is -0.517. The zero-order valence-corrected chi connectivity index (χ0v) is 16.4. The fraction of sp³-hybridized carbons (Fsp3) is 0.550. The first-order valence-corrected chi connectivity index (χ1v) is 9.37. The van der Waals surface area contributed by atoms with Gasteiger partial charge >= 0.3 is 0 Å². The number of carbonyl (C=O) groups is 3. The van der Waals surface area contributed by atoms with Crippen LogP contribution in [-0.2, 0) is 19.8 Å². The lowest BCUT2D eigenvalue weighted by Crippen LogP contribution is -2.51. The summed E-state index contributed by atoms with van der Waals surface area (Å²) >= 11 is 0. The standard InChI is InChI=1S/C20H28N4O3/c1-12(2)9-14(22-3)18(26)24-11-20(10-16(24)17(21)25)13-7-5-6-8-15(13)23(4)19(20)27/h5-8,12,14,16,22H,9-11H2,1-4H3,(H2,21,25)/t14-,16?,20-/m0/s1. The Morgan fingerprint density at radius 2 is 2.00 bits per heavy atom. The Labute approximate surface area is 159 Å². The van der Waals surface area contributed by atoms with Crippen molar-refractivity contribution in [1.29, 1.82) is 0 Å². The third-order valence-corrected chi connectivity index (χ3v) is 5.82. The quantitative estimate of drug-likeness (QED) is 0.792. The van der Waals surface area contributed by atoms with Crippen LogP contribution in [0.1, 0.15) is 32.3 Å². The SMILES string of the molecule is CN[C@@H](CC(C)C)C(=O)N1C[C@]2(CC1C(N)=O)C(=O)N(C)c1ccccc12. The van der Waals surface area contributed by atoms with Crippen LogP contribution in [0.2, 0.25) is 0 Å². The third kappa shape index (κ3) is 3.00. The van der Waals surface area contributed by atoms with E-state index in [1.807, 2.05) is 38.1 Å². The first kappa shape index (κ1) is 19.4. The summed E-state index contributed by atoms with van der Waals surface area (Å²) in [6.45, 7) is 4.26. The van der Waals surface area contributed by atoms with Crippen LogP contribution in [0, 0.1) is 5.92 Å². The van der Waals surface area contributed by atoms with Crippen molar-refractivity contribution < 1.29 is 14.4 Å². The summed E-state index contributed by atoms with van der Waals surface area (Å²) in [5, 5.41) is 3.05. The maximum absolute atomic E-state index is 13.2. The van der Waals surface area contributed by atoms with Crippen molar-refractivity contribution in [2.24, 2.45) is 11.7 Å². The molecular weight excluding hydrogens is 344 g/mol. The van der Waals surface area contributed by atoms with Crippen molar-refractivity contribution in [3.63, 3.8) is 0 Å². The van der Waals surface area contributed by atoms with E-state index in [1.54, 1.807) is 19.0 Å². The average molecular weight is 372 g/mol. The molecule has 0 radical (unpaired) electrons. The maximum Gasteiger partial charge on any atom is 0.240 e. The number of nitrogens with zero attached hydrogens (tertiary/aromatic N) is 2. The number of hydrogen-bond acceptors (Lipinski definition) is 4. The van der Waals surface area contributed by atoms with E-state index in [1.165, 1.54) is 4.90 Å². The minimum atomic E-state index is -0.906. The number of benzene rings is 1. The second-order valence-electron chi connectivity index (χ2n) is 8.02. The van der Waals surface area contributed by atoms with Crippen LogP contribution in [0.25, 0.3) is 0 Å². The number of carbonyl (C=O) groups excluding carboxylic acids is 3. The summed E-state index contributed by atoms with van der Waals surface area (Å²) in [6, 6.07) is 6.36. The summed E-state index contributed by atoms with van der Waals surface area (Å²) in [4.78, 5) is 41.7. The summed E-state index contributed by atoms with van der Waals surface area (Å²) in [6.07, 6.45) is 0.876. The number of nitrogens with one attached hydrogen (secondary N) is 1. The largest absolute Gasteiger partial charge is 0.368 e. The fourth-order valence-electron chi connectivity index (χ4n) is 4.47. The van der Waals surface area contributed by atoms with Crippen molar-refractivity contribution in [1.82, 2.24) is 10.2 Å². The highest BCUT2D eigenvalue weighted by Crippen LogP contribution is 2.48. The molecule has 146 valence electrons. The molecule has 7 heteroatoms. The number of hydrogen-bond donors (Lipinski definition) is 2. The van der Waals surface area contributed by atoms with Crippen LogP contribution in [0.5, 0.6) is 0 Å². The van der Waals surface area contributed by atoms with Gasteiger partial charge in [0.2, 0.25) is 17.7 Å². The maximum atomic E-state index is 13.2. The predicted octanol–water partition coefficient (Wildman–Crippen LogP) is 0.621. The lowest BCUT2D eigenvalue weighted by Gasteiger charge is -2.28. The molecule has 1 aromatic carbocycles.